The Morgan fingerprint density at radius 3 is 2.74 bits per heavy atom. The summed E-state index contributed by atoms with van der Waals surface area (Å²) < 4.78 is 1.93. The average molecular weight is 413 g/mol. The molecule has 4 aromatic rings. The molecule has 1 aliphatic heterocycles. The Bertz CT molecular complexity index is 1240. The van der Waals surface area contributed by atoms with Gasteiger partial charge in [0, 0.05) is 35.8 Å². The van der Waals surface area contributed by atoms with Gasteiger partial charge in [0.1, 0.15) is 0 Å². The van der Waals surface area contributed by atoms with E-state index >= 15 is 0 Å². The summed E-state index contributed by atoms with van der Waals surface area (Å²) >= 11 is 0. The maximum atomic E-state index is 4.86. The van der Waals surface area contributed by atoms with Crippen LogP contribution in [0.2, 0.25) is 0 Å². The molecule has 0 amide bonds. The third-order valence-corrected chi connectivity index (χ3v) is 6.94. The van der Waals surface area contributed by atoms with Crippen molar-refractivity contribution >= 4 is 22.2 Å². The second-order valence-corrected chi connectivity index (χ2v) is 8.98. The van der Waals surface area contributed by atoms with Crippen LogP contribution in [0.5, 0.6) is 0 Å². The van der Waals surface area contributed by atoms with Crippen LogP contribution in [-0.4, -0.2) is 50.3 Å². The lowest BCUT2D eigenvalue weighted by atomic mass is 9.94. The average Bonchev–Trinajstić information content (AvgIpc) is 3.46. The summed E-state index contributed by atoms with van der Waals surface area (Å²) in [7, 11) is 0. The number of pyridine rings is 1. The van der Waals surface area contributed by atoms with E-state index in [-0.39, 0.29) is 0 Å². The van der Waals surface area contributed by atoms with Gasteiger partial charge in [-0.3, -0.25) is 9.88 Å². The molecule has 1 saturated heterocycles. The lowest BCUT2D eigenvalue weighted by molar-refractivity contribution is 0.193. The zero-order chi connectivity index (χ0) is 20.8. The van der Waals surface area contributed by atoms with E-state index in [4.69, 9.17) is 4.98 Å². The molecule has 2 aliphatic rings. The van der Waals surface area contributed by atoms with Crippen molar-refractivity contribution in [1.82, 2.24) is 24.5 Å². The topological polar surface area (TPSA) is 49.6 Å². The Hall–Kier alpha value is -2.99. The molecule has 3 aromatic heterocycles. The quantitative estimate of drug-likeness (QED) is 0.490. The smallest absolute Gasteiger partial charge is 0.162 e. The Labute approximate surface area is 182 Å². The molecular formula is C25H28N6. The molecule has 0 spiro atoms. The third kappa shape index (κ3) is 3.35. The van der Waals surface area contributed by atoms with Crippen LogP contribution in [0, 0.1) is 6.92 Å². The Kier molecular flexibility index (Phi) is 4.60. The number of fused-ring (bicyclic) bond motifs is 2. The van der Waals surface area contributed by atoms with Crippen LogP contribution in [0.25, 0.3) is 27.7 Å². The fourth-order valence-corrected chi connectivity index (χ4v) is 5.31. The minimum absolute atomic E-state index is 0.759. The number of benzene rings is 1. The van der Waals surface area contributed by atoms with E-state index in [9.17, 15) is 0 Å². The Balaban J connectivity index is 1.32. The zero-order valence-corrected chi connectivity index (χ0v) is 18.0. The number of anilines is 1. The van der Waals surface area contributed by atoms with Crippen LogP contribution in [0.15, 0.2) is 48.9 Å². The van der Waals surface area contributed by atoms with Crippen molar-refractivity contribution in [3.05, 3.63) is 54.6 Å². The predicted octanol–water partition coefficient (Wildman–Crippen LogP) is 4.67. The summed E-state index contributed by atoms with van der Waals surface area (Å²) in [6.07, 6.45) is 13.0. The molecule has 2 fully saturated rings. The molecule has 0 N–H and O–H groups in total. The van der Waals surface area contributed by atoms with Gasteiger partial charge >= 0.3 is 0 Å². The van der Waals surface area contributed by atoms with Gasteiger partial charge in [-0.2, -0.15) is 5.10 Å². The van der Waals surface area contributed by atoms with Crippen LogP contribution in [0.4, 0.5) is 5.69 Å². The van der Waals surface area contributed by atoms with E-state index in [0.29, 0.717) is 0 Å². The minimum Gasteiger partial charge on any atom is -0.355 e. The van der Waals surface area contributed by atoms with Gasteiger partial charge in [0.05, 0.1) is 36.5 Å². The molecule has 6 rings (SSSR count). The van der Waals surface area contributed by atoms with Gasteiger partial charge in [-0.05, 0) is 37.5 Å². The normalized spacial score (nSPS) is 18.4. The molecule has 6 heteroatoms. The number of hydrogen-bond acceptors (Lipinski definition) is 5. The number of nitrogens with zero attached hydrogens (tertiary/aromatic N) is 6. The zero-order valence-electron chi connectivity index (χ0n) is 18.0. The van der Waals surface area contributed by atoms with E-state index in [1.54, 1.807) is 0 Å². The number of hydrogen-bond donors (Lipinski definition) is 0. The first-order valence-corrected chi connectivity index (χ1v) is 11.5. The maximum absolute atomic E-state index is 4.86. The van der Waals surface area contributed by atoms with Crippen molar-refractivity contribution in [1.29, 1.82) is 0 Å². The molecule has 1 aliphatic carbocycles. The molecular weight excluding hydrogens is 384 g/mol. The van der Waals surface area contributed by atoms with E-state index in [1.165, 1.54) is 32.1 Å². The first-order chi connectivity index (χ1) is 15.3. The number of aromatic nitrogens is 4. The monoisotopic (exact) mass is 412 g/mol. The van der Waals surface area contributed by atoms with E-state index < -0.39 is 0 Å². The largest absolute Gasteiger partial charge is 0.355 e. The summed E-state index contributed by atoms with van der Waals surface area (Å²) in [4.78, 5) is 14.6. The SMILES string of the molecule is Cc1cc(-c2cnn3cc(N4CCN(C5CCCCC5)C4)cnc23)c2ccccc2n1. The fraction of sp³-hybridized carbons (Fsp3) is 0.400. The lowest BCUT2D eigenvalue weighted by Crippen LogP contribution is -2.36. The summed E-state index contributed by atoms with van der Waals surface area (Å²) in [5, 5.41) is 5.80. The van der Waals surface area contributed by atoms with Gasteiger partial charge in [-0.25, -0.2) is 9.50 Å². The lowest BCUT2D eigenvalue weighted by Gasteiger charge is -2.31. The van der Waals surface area contributed by atoms with E-state index in [1.807, 2.05) is 29.9 Å². The van der Waals surface area contributed by atoms with Crippen LogP contribution < -0.4 is 4.90 Å². The number of para-hydroxylation sites is 1. The van der Waals surface area contributed by atoms with Gasteiger partial charge in [0.2, 0.25) is 0 Å². The van der Waals surface area contributed by atoms with Gasteiger partial charge in [-0.15, -0.1) is 0 Å². The molecule has 0 bridgehead atoms. The molecule has 6 nitrogen and oxygen atoms in total. The highest BCUT2D eigenvalue weighted by atomic mass is 15.4. The second-order valence-electron chi connectivity index (χ2n) is 8.98. The van der Waals surface area contributed by atoms with Crippen molar-refractivity contribution in [2.75, 3.05) is 24.7 Å². The highest BCUT2D eigenvalue weighted by Crippen LogP contribution is 2.32. The third-order valence-electron chi connectivity index (χ3n) is 6.94. The number of rotatable bonds is 3. The summed E-state index contributed by atoms with van der Waals surface area (Å²) in [6.45, 7) is 5.25. The van der Waals surface area contributed by atoms with Crippen LogP contribution in [0.3, 0.4) is 0 Å². The van der Waals surface area contributed by atoms with Crippen LogP contribution in [0.1, 0.15) is 37.8 Å². The Morgan fingerprint density at radius 2 is 1.84 bits per heavy atom. The van der Waals surface area contributed by atoms with E-state index in [2.05, 4.69) is 50.3 Å². The van der Waals surface area contributed by atoms with Gasteiger partial charge in [0.25, 0.3) is 0 Å². The van der Waals surface area contributed by atoms with E-state index in [0.717, 1.165) is 64.9 Å². The second kappa shape index (κ2) is 7.61. The summed E-state index contributed by atoms with van der Waals surface area (Å²) in [6, 6.07) is 11.2. The molecule has 1 aromatic carbocycles. The van der Waals surface area contributed by atoms with Crippen molar-refractivity contribution in [3.8, 4) is 11.1 Å². The molecule has 1 saturated carbocycles. The molecule has 0 radical (unpaired) electrons. The van der Waals surface area contributed by atoms with Crippen molar-refractivity contribution in [3.63, 3.8) is 0 Å². The molecule has 0 atom stereocenters. The first-order valence-electron chi connectivity index (χ1n) is 11.5. The summed E-state index contributed by atoms with van der Waals surface area (Å²) in [5.41, 5.74) is 6.25. The van der Waals surface area contributed by atoms with Crippen molar-refractivity contribution < 1.29 is 0 Å². The van der Waals surface area contributed by atoms with Gasteiger partial charge in [0.15, 0.2) is 5.65 Å². The van der Waals surface area contributed by atoms with Crippen LogP contribution in [-0.2, 0) is 0 Å². The van der Waals surface area contributed by atoms with Gasteiger partial charge < -0.3 is 4.90 Å². The van der Waals surface area contributed by atoms with Crippen molar-refractivity contribution in [2.24, 2.45) is 0 Å². The Morgan fingerprint density at radius 1 is 0.968 bits per heavy atom. The molecule has 31 heavy (non-hydrogen) atoms. The minimum atomic E-state index is 0.759. The first kappa shape index (κ1) is 18.8. The van der Waals surface area contributed by atoms with Crippen molar-refractivity contribution in [2.45, 2.75) is 45.1 Å². The summed E-state index contributed by atoms with van der Waals surface area (Å²) in [5.74, 6) is 0. The highest BCUT2D eigenvalue weighted by molar-refractivity contribution is 5.98. The highest BCUT2D eigenvalue weighted by Gasteiger charge is 2.28. The van der Waals surface area contributed by atoms with Crippen LogP contribution >= 0.6 is 0 Å². The predicted molar refractivity (Wildman–Crippen MR) is 124 cm³/mol. The molecule has 4 heterocycles. The van der Waals surface area contributed by atoms with Gasteiger partial charge in [-0.1, -0.05) is 37.5 Å². The maximum Gasteiger partial charge on any atom is 0.162 e. The molecule has 0 unspecified atom stereocenters. The standard InChI is InChI=1S/C25H28N6/c1-18-13-22(21-9-5-6-10-24(21)28-18)23-15-27-31-16-20(14-26-25(23)31)30-12-11-29(17-30)19-7-3-2-4-8-19/h5-6,9-10,13-16,19H,2-4,7-8,11-12,17H2,1H3. The number of aryl methyl sites for hydroxylation is 1. The fourth-order valence-electron chi connectivity index (χ4n) is 5.31. The molecule has 158 valence electrons.